The Labute approximate surface area is 91.0 Å². The normalized spacial score (nSPS) is 28.4. The largest absolute Gasteiger partial charge is 0.299 e. The molecule has 1 saturated heterocycles. The highest BCUT2D eigenvalue weighted by molar-refractivity contribution is 7.99. The Balaban J connectivity index is 1.66. The third-order valence-electron chi connectivity index (χ3n) is 3.66. The van der Waals surface area contributed by atoms with Gasteiger partial charge in [-0.1, -0.05) is 25.7 Å². The van der Waals surface area contributed by atoms with E-state index in [1.165, 1.54) is 37.9 Å². The van der Waals surface area contributed by atoms with Gasteiger partial charge >= 0.3 is 0 Å². The van der Waals surface area contributed by atoms with Crippen LogP contribution in [0.25, 0.3) is 0 Å². The fourth-order valence-electron chi connectivity index (χ4n) is 2.64. The maximum absolute atomic E-state index is 11.8. The number of rotatable bonds is 4. The van der Waals surface area contributed by atoms with Crippen LogP contribution in [0, 0.1) is 11.8 Å². The maximum atomic E-state index is 11.8. The average Bonchev–Trinajstić information content (AvgIpc) is 2.87. The molecule has 2 aliphatic rings. The van der Waals surface area contributed by atoms with Crippen LogP contribution in [-0.2, 0) is 4.79 Å². The van der Waals surface area contributed by atoms with Crippen molar-refractivity contribution in [2.24, 2.45) is 11.8 Å². The number of thioether (sulfide) groups is 1. The molecule has 2 rings (SSSR count). The molecule has 0 aromatic carbocycles. The minimum absolute atomic E-state index is 0.418. The van der Waals surface area contributed by atoms with E-state index in [0.717, 1.165) is 24.5 Å². The molecule has 0 radical (unpaired) electrons. The van der Waals surface area contributed by atoms with Crippen LogP contribution in [0.5, 0.6) is 0 Å². The highest BCUT2D eigenvalue weighted by Crippen LogP contribution is 2.31. The predicted octanol–water partition coefficient (Wildman–Crippen LogP) is 3.28. The van der Waals surface area contributed by atoms with E-state index in [2.05, 4.69) is 0 Å². The van der Waals surface area contributed by atoms with Crippen molar-refractivity contribution in [3.8, 4) is 0 Å². The second kappa shape index (κ2) is 5.20. The van der Waals surface area contributed by atoms with Gasteiger partial charge in [0.25, 0.3) is 0 Å². The van der Waals surface area contributed by atoms with E-state index in [0.29, 0.717) is 11.7 Å². The van der Waals surface area contributed by atoms with E-state index in [4.69, 9.17) is 0 Å². The molecular weight excluding hydrogens is 192 g/mol. The summed E-state index contributed by atoms with van der Waals surface area (Å²) in [6.45, 7) is 0. The molecule has 0 aromatic heterocycles. The molecule has 0 amide bonds. The van der Waals surface area contributed by atoms with Gasteiger partial charge in [0.15, 0.2) is 0 Å². The lowest BCUT2D eigenvalue weighted by Crippen LogP contribution is -2.14. The Kier molecular flexibility index (Phi) is 3.91. The van der Waals surface area contributed by atoms with Gasteiger partial charge in [-0.15, -0.1) is 0 Å². The minimum Gasteiger partial charge on any atom is -0.299 e. The summed E-state index contributed by atoms with van der Waals surface area (Å²) >= 11 is 1.95. The van der Waals surface area contributed by atoms with Gasteiger partial charge < -0.3 is 0 Å². The van der Waals surface area contributed by atoms with E-state index in [-0.39, 0.29) is 0 Å². The molecule has 0 bridgehead atoms. The van der Waals surface area contributed by atoms with E-state index in [1.54, 1.807) is 0 Å². The molecule has 2 fully saturated rings. The van der Waals surface area contributed by atoms with Crippen molar-refractivity contribution < 1.29 is 4.79 Å². The Morgan fingerprint density at radius 2 is 2.00 bits per heavy atom. The summed E-state index contributed by atoms with van der Waals surface area (Å²) in [6.07, 6.45) is 8.76. The molecule has 1 atom stereocenters. The monoisotopic (exact) mass is 212 g/mol. The summed E-state index contributed by atoms with van der Waals surface area (Å²) in [5.74, 6) is 4.17. The van der Waals surface area contributed by atoms with Crippen LogP contribution < -0.4 is 0 Å². The number of carbonyl (C=O) groups is 1. The summed E-state index contributed by atoms with van der Waals surface area (Å²) in [7, 11) is 0. The van der Waals surface area contributed by atoms with Crippen molar-refractivity contribution in [1.82, 2.24) is 0 Å². The lowest BCUT2D eigenvalue weighted by atomic mass is 9.94. The van der Waals surface area contributed by atoms with Gasteiger partial charge in [-0.2, -0.15) is 11.8 Å². The molecule has 14 heavy (non-hydrogen) atoms. The van der Waals surface area contributed by atoms with Crippen molar-refractivity contribution in [2.45, 2.75) is 44.9 Å². The smallest absolute Gasteiger partial charge is 0.136 e. The van der Waals surface area contributed by atoms with Crippen molar-refractivity contribution in [1.29, 1.82) is 0 Å². The van der Waals surface area contributed by atoms with E-state index < -0.39 is 0 Å². The van der Waals surface area contributed by atoms with Crippen molar-refractivity contribution in [3.05, 3.63) is 0 Å². The van der Waals surface area contributed by atoms with Gasteiger partial charge in [0, 0.05) is 18.1 Å². The van der Waals surface area contributed by atoms with Crippen LogP contribution in [0.3, 0.4) is 0 Å². The number of hydrogen-bond acceptors (Lipinski definition) is 2. The lowest BCUT2D eigenvalue weighted by molar-refractivity contribution is -0.122. The van der Waals surface area contributed by atoms with Crippen molar-refractivity contribution in [2.75, 3.05) is 11.5 Å². The first-order valence-corrected chi connectivity index (χ1v) is 7.12. The molecule has 2 heteroatoms. The zero-order valence-electron chi connectivity index (χ0n) is 8.84. The first kappa shape index (κ1) is 10.5. The van der Waals surface area contributed by atoms with Gasteiger partial charge in [0.05, 0.1) is 0 Å². The Morgan fingerprint density at radius 1 is 1.21 bits per heavy atom. The van der Waals surface area contributed by atoms with Crippen LogP contribution in [0.2, 0.25) is 0 Å². The third kappa shape index (κ3) is 2.75. The van der Waals surface area contributed by atoms with Crippen LogP contribution >= 0.6 is 11.8 Å². The van der Waals surface area contributed by atoms with Crippen LogP contribution in [0.15, 0.2) is 0 Å². The zero-order chi connectivity index (χ0) is 9.80. The van der Waals surface area contributed by atoms with Gasteiger partial charge in [-0.25, -0.2) is 0 Å². The fraction of sp³-hybridized carbons (Fsp3) is 0.917. The average molecular weight is 212 g/mol. The van der Waals surface area contributed by atoms with Crippen LogP contribution in [0.1, 0.15) is 44.9 Å². The molecule has 80 valence electrons. The summed E-state index contributed by atoms with van der Waals surface area (Å²) in [4.78, 5) is 11.8. The zero-order valence-corrected chi connectivity index (χ0v) is 9.65. The van der Waals surface area contributed by atoms with E-state index in [9.17, 15) is 4.79 Å². The first-order chi connectivity index (χ1) is 6.86. The van der Waals surface area contributed by atoms with Crippen molar-refractivity contribution >= 4 is 17.5 Å². The third-order valence-corrected chi connectivity index (χ3v) is 4.82. The second-order valence-electron chi connectivity index (χ2n) is 4.72. The van der Waals surface area contributed by atoms with Crippen LogP contribution in [0.4, 0.5) is 0 Å². The molecule has 1 saturated carbocycles. The fourth-order valence-corrected chi connectivity index (χ4v) is 3.89. The number of ketones is 1. The lowest BCUT2D eigenvalue weighted by Gasteiger charge is -2.10. The summed E-state index contributed by atoms with van der Waals surface area (Å²) in [6, 6.07) is 0. The Hall–Kier alpha value is 0.0200. The number of carbonyl (C=O) groups excluding carboxylic acids is 1. The summed E-state index contributed by atoms with van der Waals surface area (Å²) < 4.78 is 0. The van der Waals surface area contributed by atoms with Crippen molar-refractivity contribution in [3.63, 3.8) is 0 Å². The molecule has 1 aliphatic carbocycles. The summed E-state index contributed by atoms with van der Waals surface area (Å²) in [5, 5.41) is 0. The Bertz CT molecular complexity index is 190. The highest BCUT2D eigenvalue weighted by atomic mass is 32.2. The molecule has 0 N–H and O–H groups in total. The first-order valence-electron chi connectivity index (χ1n) is 5.96. The van der Waals surface area contributed by atoms with Crippen LogP contribution in [-0.4, -0.2) is 17.3 Å². The molecule has 1 unspecified atom stereocenters. The second-order valence-corrected chi connectivity index (χ2v) is 5.87. The van der Waals surface area contributed by atoms with E-state index >= 15 is 0 Å². The Morgan fingerprint density at radius 3 is 2.64 bits per heavy atom. The van der Waals surface area contributed by atoms with Gasteiger partial charge in [0.1, 0.15) is 5.78 Å². The van der Waals surface area contributed by atoms with Gasteiger partial charge in [0.2, 0.25) is 0 Å². The topological polar surface area (TPSA) is 17.1 Å². The molecule has 0 spiro atoms. The predicted molar refractivity (Wildman–Crippen MR) is 61.6 cm³/mol. The quantitative estimate of drug-likeness (QED) is 0.711. The molecular formula is C12H20OS. The molecule has 1 nitrogen and oxygen atoms in total. The SMILES string of the molecule is O=C(CCC1CCCC1)C1CCSC1. The van der Waals surface area contributed by atoms with Gasteiger partial charge in [-0.3, -0.25) is 4.79 Å². The minimum atomic E-state index is 0.418. The summed E-state index contributed by atoms with van der Waals surface area (Å²) in [5.41, 5.74) is 0. The number of hydrogen-bond donors (Lipinski definition) is 0. The maximum Gasteiger partial charge on any atom is 0.136 e. The standard InChI is InChI=1S/C12H20OS/c13-12(11-7-8-14-9-11)6-5-10-3-1-2-4-10/h10-11H,1-9H2. The molecule has 1 aliphatic heterocycles. The highest BCUT2D eigenvalue weighted by Gasteiger charge is 2.24. The van der Waals surface area contributed by atoms with Gasteiger partial charge in [-0.05, 0) is 24.5 Å². The molecule has 0 aromatic rings. The molecule has 1 heterocycles. The van der Waals surface area contributed by atoms with E-state index in [1.807, 2.05) is 11.8 Å². The number of Topliss-reactive ketones (excluding diaryl/α,β-unsaturated/α-hetero) is 1.